The first-order chi connectivity index (χ1) is 5.79. The Hall–Kier alpha value is 0.274. The van der Waals surface area contributed by atoms with Gasteiger partial charge in [-0.2, -0.15) is 0 Å². The molecule has 0 aliphatic carbocycles. The maximum absolute atomic E-state index is 5.38. The molecule has 6 heteroatoms. The molecular weight excluding hydrogens is 190 g/mol. The molecule has 0 aromatic carbocycles. The van der Waals surface area contributed by atoms with E-state index in [2.05, 4.69) is 4.23 Å². The van der Waals surface area contributed by atoms with Gasteiger partial charge >= 0.3 is 8.97 Å². The average Bonchev–Trinajstić information content (AvgIpc) is 2.62. The molecule has 0 bridgehead atoms. The highest BCUT2D eigenvalue weighted by Gasteiger charge is 2.46. The van der Waals surface area contributed by atoms with Crippen LogP contribution in [0.15, 0.2) is 0 Å². The van der Waals surface area contributed by atoms with Crippen molar-refractivity contribution in [3.8, 4) is 0 Å². The van der Waals surface area contributed by atoms with Gasteiger partial charge < -0.3 is 13.3 Å². The summed E-state index contributed by atoms with van der Waals surface area (Å²) in [5, 5.41) is 0. The Morgan fingerprint density at radius 1 is 1.17 bits per heavy atom. The SMILES string of the molecule is CO[Si](OC)(OC)N1CCC[SiH2]1. The predicted octanol–water partition coefficient (Wildman–Crippen LogP) is -0.431. The van der Waals surface area contributed by atoms with Crippen molar-refractivity contribution in [3.63, 3.8) is 0 Å². The van der Waals surface area contributed by atoms with E-state index in [1.165, 1.54) is 12.5 Å². The summed E-state index contributed by atoms with van der Waals surface area (Å²) in [6, 6.07) is 1.35. The van der Waals surface area contributed by atoms with Crippen LogP contribution in [-0.4, -0.2) is 50.8 Å². The van der Waals surface area contributed by atoms with Gasteiger partial charge in [0.05, 0.1) is 9.68 Å². The summed E-state index contributed by atoms with van der Waals surface area (Å²) >= 11 is 0. The van der Waals surface area contributed by atoms with Gasteiger partial charge in [-0.3, -0.25) is 4.23 Å². The quantitative estimate of drug-likeness (QED) is 0.585. The van der Waals surface area contributed by atoms with Crippen LogP contribution in [0.1, 0.15) is 6.42 Å². The van der Waals surface area contributed by atoms with Crippen LogP contribution in [-0.2, 0) is 13.3 Å². The third-order valence-electron chi connectivity index (χ3n) is 2.27. The fourth-order valence-corrected chi connectivity index (χ4v) is 7.34. The summed E-state index contributed by atoms with van der Waals surface area (Å²) < 4.78 is 18.5. The van der Waals surface area contributed by atoms with E-state index in [9.17, 15) is 0 Å². The molecule has 0 aromatic rings. The molecule has 1 saturated heterocycles. The first-order valence-corrected chi connectivity index (χ1v) is 7.50. The average molecular weight is 207 g/mol. The molecule has 0 atom stereocenters. The van der Waals surface area contributed by atoms with Crippen molar-refractivity contribution < 1.29 is 13.3 Å². The minimum absolute atomic E-state index is 0.160. The van der Waals surface area contributed by atoms with Gasteiger partial charge in [0, 0.05) is 21.3 Å². The molecule has 0 aromatic heterocycles. The maximum Gasteiger partial charge on any atom is 0.591 e. The van der Waals surface area contributed by atoms with Crippen LogP contribution in [0.25, 0.3) is 0 Å². The van der Waals surface area contributed by atoms with Crippen molar-refractivity contribution in [1.82, 2.24) is 4.23 Å². The molecule has 1 rings (SSSR count). The highest BCUT2D eigenvalue weighted by molar-refractivity contribution is 6.66. The maximum atomic E-state index is 5.38. The van der Waals surface area contributed by atoms with E-state index in [4.69, 9.17) is 13.3 Å². The van der Waals surface area contributed by atoms with Crippen molar-refractivity contribution in [3.05, 3.63) is 0 Å². The van der Waals surface area contributed by atoms with Crippen LogP contribution in [0.2, 0.25) is 6.04 Å². The molecule has 1 aliphatic heterocycles. The zero-order valence-electron chi connectivity index (χ0n) is 8.00. The van der Waals surface area contributed by atoms with Gasteiger partial charge in [-0.15, -0.1) is 0 Å². The Morgan fingerprint density at radius 3 is 2.08 bits per heavy atom. The second-order valence-electron chi connectivity index (χ2n) is 2.83. The molecule has 1 heterocycles. The summed E-state index contributed by atoms with van der Waals surface area (Å²) in [5.74, 6) is 0. The minimum Gasteiger partial charge on any atom is -0.365 e. The third-order valence-corrected chi connectivity index (χ3v) is 8.32. The second-order valence-corrected chi connectivity index (χ2v) is 8.29. The van der Waals surface area contributed by atoms with Gasteiger partial charge in [-0.1, -0.05) is 0 Å². The summed E-state index contributed by atoms with van der Waals surface area (Å²) in [6.07, 6.45) is 1.27. The summed E-state index contributed by atoms with van der Waals surface area (Å²) in [6.45, 7) is 1.09. The predicted molar refractivity (Wildman–Crippen MR) is 51.5 cm³/mol. The van der Waals surface area contributed by atoms with Crippen LogP contribution < -0.4 is 0 Å². The fourth-order valence-electron chi connectivity index (χ4n) is 1.63. The molecule has 0 N–H and O–H groups in total. The lowest BCUT2D eigenvalue weighted by Crippen LogP contribution is -2.59. The summed E-state index contributed by atoms with van der Waals surface area (Å²) in [5.41, 5.74) is 0. The Kier molecular flexibility index (Phi) is 3.88. The first kappa shape index (κ1) is 10.4. The largest absolute Gasteiger partial charge is 0.591 e. The fraction of sp³-hybridized carbons (Fsp3) is 1.00. The van der Waals surface area contributed by atoms with E-state index in [-0.39, 0.29) is 9.68 Å². The van der Waals surface area contributed by atoms with Gasteiger partial charge in [0.25, 0.3) is 0 Å². The first-order valence-electron chi connectivity index (χ1n) is 4.19. The smallest absolute Gasteiger partial charge is 0.365 e. The van der Waals surface area contributed by atoms with Crippen LogP contribution >= 0.6 is 0 Å². The standard InChI is InChI=1S/C6H17NO3Si2/c1-8-12(9-2,10-3)7-5-4-6-11-7/h4-6,11H2,1-3H3. The van der Waals surface area contributed by atoms with Gasteiger partial charge in [0.1, 0.15) is 0 Å². The van der Waals surface area contributed by atoms with Crippen molar-refractivity contribution in [2.45, 2.75) is 12.5 Å². The molecule has 0 spiro atoms. The summed E-state index contributed by atoms with van der Waals surface area (Å²) in [4.78, 5) is 0. The van der Waals surface area contributed by atoms with E-state index in [0.717, 1.165) is 6.54 Å². The zero-order chi connectivity index (χ0) is 9.03. The van der Waals surface area contributed by atoms with Gasteiger partial charge in [0.15, 0.2) is 0 Å². The number of hydrogen-bond donors (Lipinski definition) is 0. The van der Waals surface area contributed by atoms with Crippen molar-refractivity contribution in [1.29, 1.82) is 0 Å². The Morgan fingerprint density at radius 2 is 1.75 bits per heavy atom. The number of rotatable bonds is 4. The topological polar surface area (TPSA) is 30.9 Å². The molecule has 0 amide bonds. The summed E-state index contributed by atoms with van der Waals surface area (Å²) in [7, 11) is 2.47. The van der Waals surface area contributed by atoms with Crippen molar-refractivity contribution >= 4 is 18.6 Å². The van der Waals surface area contributed by atoms with Crippen molar-refractivity contribution in [2.75, 3.05) is 27.9 Å². The van der Waals surface area contributed by atoms with Gasteiger partial charge in [0.2, 0.25) is 0 Å². The Bertz CT molecular complexity index is 128. The highest BCUT2D eigenvalue weighted by Crippen LogP contribution is 2.18. The van der Waals surface area contributed by atoms with Crippen molar-refractivity contribution in [2.24, 2.45) is 0 Å². The molecule has 0 radical (unpaired) electrons. The molecule has 1 aliphatic rings. The van der Waals surface area contributed by atoms with E-state index in [1.54, 1.807) is 21.3 Å². The molecule has 0 saturated carbocycles. The lowest BCUT2D eigenvalue weighted by atomic mass is 10.5. The van der Waals surface area contributed by atoms with Crippen LogP contribution in [0, 0.1) is 0 Å². The molecular formula is C6H17NO3Si2. The molecule has 12 heavy (non-hydrogen) atoms. The third kappa shape index (κ3) is 1.78. The molecule has 1 fully saturated rings. The highest BCUT2D eigenvalue weighted by atomic mass is 28.4. The minimum atomic E-state index is -2.39. The normalized spacial score (nSPS) is 22.2. The second kappa shape index (κ2) is 4.49. The van der Waals surface area contributed by atoms with Crippen LogP contribution in [0.5, 0.6) is 0 Å². The van der Waals surface area contributed by atoms with E-state index in [1.807, 2.05) is 0 Å². The zero-order valence-corrected chi connectivity index (χ0v) is 10.4. The monoisotopic (exact) mass is 207 g/mol. The van der Waals surface area contributed by atoms with Crippen LogP contribution in [0.4, 0.5) is 0 Å². The Balaban J connectivity index is 2.61. The lowest BCUT2D eigenvalue weighted by molar-refractivity contribution is 0.0852. The number of nitrogens with zero attached hydrogens (tertiary/aromatic N) is 1. The number of hydrogen-bond acceptors (Lipinski definition) is 4. The van der Waals surface area contributed by atoms with E-state index >= 15 is 0 Å². The lowest BCUT2D eigenvalue weighted by Gasteiger charge is -2.32. The Labute approximate surface area is 77.1 Å². The molecule has 4 nitrogen and oxygen atoms in total. The van der Waals surface area contributed by atoms with E-state index < -0.39 is 8.97 Å². The van der Waals surface area contributed by atoms with Gasteiger partial charge in [-0.05, 0) is 19.0 Å². The molecule has 0 unspecified atom stereocenters. The van der Waals surface area contributed by atoms with E-state index in [0.29, 0.717) is 0 Å². The van der Waals surface area contributed by atoms with Crippen LogP contribution in [0.3, 0.4) is 0 Å². The van der Waals surface area contributed by atoms with Gasteiger partial charge in [-0.25, -0.2) is 0 Å². The molecule has 72 valence electrons.